The van der Waals surface area contributed by atoms with Crippen LogP contribution < -0.4 is 5.73 Å². The van der Waals surface area contributed by atoms with Crippen LogP contribution in [-0.4, -0.2) is 9.56 Å². The Labute approximate surface area is 112 Å². The molecule has 0 radical (unpaired) electrons. The Morgan fingerprint density at radius 1 is 1.35 bits per heavy atom. The first-order chi connectivity index (χ1) is 8.09. The molecule has 0 unspecified atom stereocenters. The van der Waals surface area contributed by atoms with Gasteiger partial charge in [0.2, 0.25) is 0 Å². The summed E-state index contributed by atoms with van der Waals surface area (Å²) in [6, 6.07) is 8.66. The van der Waals surface area contributed by atoms with E-state index in [1.165, 1.54) is 6.07 Å². The number of aromatic nitrogens is 1. The summed E-state index contributed by atoms with van der Waals surface area (Å²) in [5.74, 6) is -0.272. The van der Waals surface area contributed by atoms with Crippen LogP contribution in [0.4, 0.5) is 4.39 Å². The number of benzene rings is 1. The third-order valence-corrected chi connectivity index (χ3v) is 3.55. The zero-order chi connectivity index (χ0) is 12.4. The van der Waals surface area contributed by atoms with Gasteiger partial charge in [-0.15, -0.1) is 0 Å². The molecule has 5 heteroatoms. The molecule has 2 nitrogen and oxygen atoms in total. The minimum absolute atomic E-state index is 0.272. The van der Waals surface area contributed by atoms with Crippen LogP contribution in [0.1, 0.15) is 11.3 Å². The van der Waals surface area contributed by atoms with E-state index in [0.29, 0.717) is 16.0 Å². The Morgan fingerprint density at radius 3 is 2.82 bits per heavy atom. The van der Waals surface area contributed by atoms with E-state index in [9.17, 15) is 4.39 Å². The number of hydrogen-bond acceptors (Lipinski definition) is 1. The van der Waals surface area contributed by atoms with E-state index < -0.39 is 0 Å². The fourth-order valence-electron chi connectivity index (χ4n) is 1.63. The first-order valence-corrected chi connectivity index (χ1v) is 6.17. The minimum Gasteiger partial charge on any atom is -0.388 e. The molecular formula is C12H10BrFN2S. The molecule has 17 heavy (non-hydrogen) atoms. The van der Waals surface area contributed by atoms with E-state index >= 15 is 0 Å². The molecule has 2 N–H and O–H groups in total. The summed E-state index contributed by atoms with van der Waals surface area (Å²) < 4.78 is 15.7. The average Bonchev–Trinajstić information content (AvgIpc) is 2.73. The van der Waals surface area contributed by atoms with Crippen LogP contribution in [0.25, 0.3) is 0 Å². The fourth-order valence-corrected chi connectivity index (χ4v) is 2.20. The smallest absolute Gasteiger partial charge is 0.137 e. The molecule has 1 aromatic carbocycles. The molecule has 88 valence electrons. The van der Waals surface area contributed by atoms with Crippen LogP contribution in [0.3, 0.4) is 0 Å². The first kappa shape index (κ1) is 12.3. The van der Waals surface area contributed by atoms with Crippen LogP contribution in [0.5, 0.6) is 0 Å². The highest BCUT2D eigenvalue weighted by Crippen LogP contribution is 2.21. The lowest BCUT2D eigenvalue weighted by atomic mass is 10.2. The third kappa shape index (κ3) is 2.56. The lowest BCUT2D eigenvalue weighted by Crippen LogP contribution is -2.16. The first-order valence-electron chi connectivity index (χ1n) is 4.97. The van der Waals surface area contributed by atoms with E-state index in [-0.39, 0.29) is 5.82 Å². The topological polar surface area (TPSA) is 30.9 Å². The summed E-state index contributed by atoms with van der Waals surface area (Å²) >= 11 is 8.18. The molecule has 0 atom stereocenters. The van der Waals surface area contributed by atoms with Crippen molar-refractivity contribution >= 4 is 33.1 Å². The van der Waals surface area contributed by atoms with Crippen molar-refractivity contribution in [2.75, 3.05) is 0 Å². The molecule has 0 aliphatic rings. The largest absolute Gasteiger partial charge is 0.388 e. The molecule has 0 spiro atoms. The highest BCUT2D eigenvalue weighted by Gasteiger charge is 2.08. The molecule has 0 amide bonds. The Hall–Kier alpha value is -1.20. The van der Waals surface area contributed by atoms with E-state index in [1.807, 2.05) is 29.0 Å². The quantitative estimate of drug-likeness (QED) is 0.883. The summed E-state index contributed by atoms with van der Waals surface area (Å²) in [7, 11) is 0. The van der Waals surface area contributed by atoms with Crippen molar-refractivity contribution in [2.45, 2.75) is 6.54 Å². The average molecular weight is 313 g/mol. The maximum atomic E-state index is 13.4. The van der Waals surface area contributed by atoms with Crippen LogP contribution in [0, 0.1) is 5.82 Å². The predicted molar refractivity (Wildman–Crippen MR) is 73.5 cm³/mol. The maximum Gasteiger partial charge on any atom is 0.137 e. The predicted octanol–water partition coefficient (Wildman–Crippen LogP) is 3.07. The standard InChI is InChI=1S/C12H10BrFN2S/c13-11-8(3-1-4-9(11)14)7-16-6-2-5-10(16)12(15)17/h1-6H,7H2,(H2,15,17). The van der Waals surface area contributed by atoms with Crippen LogP contribution in [-0.2, 0) is 6.54 Å². The van der Waals surface area contributed by atoms with Crippen molar-refractivity contribution < 1.29 is 4.39 Å². The summed E-state index contributed by atoms with van der Waals surface area (Å²) in [6.45, 7) is 0.526. The van der Waals surface area contributed by atoms with Crippen LogP contribution in [0.2, 0.25) is 0 Å². The molecule has 0 saturated carbocycles. The number of rotatable bonds is 3. The van der Waals surface area contributed by atoms with Gasteiger partial charge in [0.05, 0.1) is 10.2 Å². The SMILES string of the molecule is NC(=S)c1cccn1Cc1cccc(F)c1Br. The van der Waals surface area contributed by atoms with Gasteiger partial charge in [0, 0.05) is 12.7 Å². The van der Waals surface area contributed by atoms with Crippen molar-refractivity contribution in [3.63, 3.8) is 0 Å². The molecule has 2 rings (SSSR count). The number of thiocarbonyl (C=S) groups is 1. The Kier molecular flexibility index (Phi) is 3.59. The number of nitrogens with zero attached hydrogens (tertiary/aromatic N) is 1. The maximum absolute atomic E-state index is 13.4. The zero-order valence-electron chi connectivity index (χ0n) is 8.86. The van der Waals surface area contributed by atoms with Crippen molar-refractivity contribution in [2.24, 2.45) is 5.73 Å². The fraction of sp³-hybridized carbons (Fsp3) is 0.0833. The lowest BCUT2D eigenvalue weighted by Gasteiger charge is -2.10. The van der Waals surface area contributed by atoms with E-state index in [2.05, 4.69) is 15.9 Å². The van der Waals surface area contributed by atoms with E-state index in [1.54, 1.807) is 6.07 Å². The molecule has 1 heterocycles. The van der Waals surface area contributed by atoms with Crippen molar-refractivity contribution in [3.8, 4) is 0 Å². The molecule has 0 saturated heterocycles. The molecule has 0 aliphatic heterocycles. The molecule has 0 bridgehead atoms. The molecule has 1 aromatic heterocycles. The van der Waals surface area contributed by atoms with Gasteiger partial charge < -0.3 is 10.3 Å². The van der Waals surface area contributed by atoms with Gasteiger partial charge in [0.1, 0.15) is 10.8 Å². The second-order valence-electron chi connectivity index (χ2n) is 3.60. The normalized spacial score (nSPS) is 10.5. The second kappa shape index (κ2) is 4.98. The van der Waals surface area contributed by atoms with Crippen LogP contribution >= 0.6 is 28.1 Å². The van der Waals surface area contributed by atoms with Gasteiger partial charge in [0.15, 0.2) is 0 Å². The van der Waals surface area contributed by atoms with Crippen molar-refractivity contribution in [3.05, 3.63) is 58.1 Å². The Bertz CT molecular complexity index is 565. The number of halogens is 2. The van der Waals surface area contributed by atoms with Gasteiger partial charge >= 0.3 is 0 Å². The van der Waals surface area contributed by atoms with E-state index in [0.717, 1.165) is 11.3 Å². The summed E-state index contributed by atoms with van der Waals surface area (Å²) in [5.41, 5.74) is 7.23. The number of nitrogens with two attached hydrogens (primary N) is 1. The molecular weight excluding hydrogens is 303 g/mol. The molecule has 2 aromatic rings. The van der Waals surface area contributed by atoms with Gasteiger partial charge in [-0.1, -0.05) is 24.4 Å². The third-order valence-electron chi connectivity index (χ3n) is 2.45. The van der Waals surface area contributed by atoms with Gasteiger partial charge in [-0.05, 0) is 39.7 Å². The Morgan fingerprint density at radius 2 is 2.12 bits per heavy atom. The van der Waals surface area contributed by atoms with Gasteiger partial charge in [0.25, 0.3) is 0 Å². The Balaban J connectivity index is 2.35. The van der Waals surface area contributed by atoms with Gasteiger partial charge in [-0.3, -0.25) is 0 Å². The zero-order valence-corrected chi connectivity index (χ0v) is 11.3. The van der Waals surface area contributed by atoms with Gasteiger partial charge in [-0.2, -0.15) is 0 Å². The summed E-state index contributed by atoms with van der Waals surface area (Å²) in [6.07, 6.45) is 1.87. The van der Waals surface area contributed by atoms with Crippen molar-refractivity contribution in [1.82, 2.24) is 4.57 Å². The highest BCUT2D eigenvalue weighted by atomic mass is 79.9. The summed E-state index contributed by atoms with van der Waals surface area (Å²) in [4.78, 5) is 0.336. The van der Waals surface area contributed by atoms with Crippen molar-refractivity contribution in [1.29, 1.82) is 0 Å². The molecule has 0 fully saturated rings. The number of hydrogen-bond donors (Lipinski definition) is 1. The van der Waals surface area contributed by atoms with Crippen LogP contribution in [0.15, 0.2) is 41.0 Å². The minimum atomic E-state index is -0.272. The monoisotopic (exact) mass is 312 g/mol. The van der Waals surface area contributed by atoms with Gasteiger partial charge in [-0.25, -0.2) is 4.39 Å². The highest BCUT2D eigenvalue weighted by molar-refractivity contribution is 9.10. The second-order valence-corrected chi connectivity index (χ2v) is 4.83. The molecule has 0 aliphatic carbocycles. The van der Waals surface area contributed by atoms with E-state index in [4.69, 9.17) is 18.0 Å². The lowest BCUT2D eigenvalue weighted by molar-refractivity contribution is 0.616. The summed E-state index contributed by atoms with van der Waals surface area (Å²) in [5, 5.41) is 0.